The molecule has 1 aromatic carbocycles. The van der Waals surface area contributed by atoms with Crippen molar-refractivity contribution in [2.24, 2.45) is 0 Å². The molecule has 2 N–H and O–H groups in total. The van der Waals surface area contributed by atoms with Crippen LogP contribution in [0.2, 0.25) is 10.0 Å². The van der Waals surface area contributed by atoms with Gasteiger partial charge in [0.15, 0.2) is 5.11 Å². The van der Waals surface area contributed by atoms with E-state index in [2.05, 4.69) is 37.9 Å². The van der Waals surface area contributed by atoms with Crippen LogP contribution in [0.25, 0.3) is 0 Å². The van der Waals surface area contributed by atoms with Gasteiger partial charge in [0.2, 0.25) is 0 Å². The normalized spacial score (nSPS) is 20.8. The fraction of sp³-hybridized carbons (Fsp3) is 0.562. The van der Waals surface area contributed by atoms with E-state index in [1.54, 1.807) is 12.1 Å². The maximum absolute atomic E-state index is 10.1. The lowest BCUT2D eigenvalue weighted by molar-refractivity contribution is -0.0342. The van der Waals surface area contributed by atoms with Crippen molar-refractivity contribution >= 4 is 46.2 Å². The lowest BCUT2D eigenvalue weighted by atomic mass is 9.78. The molecule has 0 aromatic heterocycles. The summed E-state index contributed by atoms with van der Waals surface area (Å²) in [5.74, 6) is 0. The standard InChI is InChI=1S/C16H22Cl2N2OS/c1-15(2)8-11(21)9-16(3,4)20(15)14(22)19-13-6-5-10(17)7-12(13)18/h5-7,11,21H,8-9H2,1-4H3,(H,19,22). The zero-order valence-electron chi connectivity index (χ0n) is 13.3. The number of benzene rings is 1. The highest BCUT2D eigenvalue weighted by molar-refractivity contribution is 7.80. The van der Waals surface area contributed by atoms with Crippen LogP contribution in [0.3, 0.4) is 0 Å². The largest absolute Gasteiger partial charge is 0.393 e. The molecule has 0 amide bonds. The maximum Gasteiger partial charge on any atom is 0.174 e. The molecule has 1 aliphatic rings. The Morgan fingerprint density at radius 3 is 2.27 bits per heavy atom. The summed E-state index contributed by atoms with van der Waals surface area (Å²) in [6.07, 6.45) is 1.03. The summed E-state index contributed by atoms with van der Waals surface area (Å²) < 4.78 is 0. The Kier molecular flexibility index (Phi) is 4.98. The van der Waals surface area contributed by atoms with Gasteiger partial charge >= 0.3 is 0 Å². The molecule has 1 aromatic rings. The quantitative estimate of drug-likeness (QED) is 0.711. The molecule has 3 nitrogen and oxygen atoms in total. The van der Waals surface area contributed by atoms with E-state index in [0.29, 0.717) is 28.0 Å². The van der Waals surface area contributed by atoms with E-state index in [-0.39, 0.29) is 17.2 Å². The highest BCUT2D eigenvalue weighted by Gasteiger charge is 2.46. The molecule has 2 rings (SSSR count). The molecule has 1 saturated heterocycles. The van der Waals surface area contributed by atoms with E-state index in [0.717, 1.165) is 5.69 Å². The highest BCUT2D eigenvalue weighted by Crippen LogP contribution is 2.39. The van der Waals surface area contributed by atoms with Crippen LogP contribution in [0.4, 0.5) is 5.69 Å². The number of aliphatic hydroxyl groups is 1. The van der Waals surface area contributed by atoms with Crippen molar-refractivity contribution in [2.75, 3.05) is 5.32 Å². The lowest BCUT2D eigenvalue weighted by Crippen LogP contribution is -2.64. The van der Waals surface area contributed by atoms with Crippen LogP contribution in [-0.4, -0.2) is 32.3 Å². The van der Waals surface area contributed by atoms with Crippen molar-refractivity contribution in [3.05, 3.63) is 28.2 Å². The first-order valence-electron chi connectivity index (χ1n) is 7.27. The Labute approximate surface area is 147 Å². The van der Waals surface area contributed by atoms with Gasteiger partial charge in [-0.1, -0.05) is 23.2 Å². The second-order valence-corrected chi connectivity index (χ2v) is 8.31. The third-order valence-electron chi connectivity index (χ3n) is 4.06. The molecule has 0 unspecified atom stereocenters. The molecule has 0 saturated carbocycles. The molecule has 0 bridgehead atoms. The van der Waals surface area contributed by atoms with Crippen LogP contribution in [0.1, 0.15) is 40.5 Å². The van der Waals surface area contributed by atoms with Gasteiger partial charge in [0, 0.05) is 16.1 Å². The number of anilines is 1. The van der Waals surface area contributed by atoms with Gasteiger partial charge in [-0.05, 0) is 71.0 Å². The van der Waals surface area contributed by atoms with Crippen molar-refractivity contribution in [3.63, 3.8) is 0 Å². The van der Waals surface area contributed by atoms with Crippen molar-refractivity contribution in [3.8, 4) is 0 Å². The van der Waals surface area contributed by atoms with Gasteiger partial charge in [-0.15, -0.1) is 0 Å². The molecule has 6 heteroatoms. The van der Waals surface area contributed by atoms with Gasteiger partial charge in [0.1, 0.15) is 0 Å². The Morgan fingerprint density at radius 1 is 1.23 bits per heavy atom. The predicted molar refractivity (Wildman–Crippen MR) is 97.9 cm³/mol. The fourth-order valence-electron chi connectivity index (χ4n) is 3.54. The first kappa shape index (κ1) is 17.8. The van der Waals surface area contributed by atoms with Gasteiger partial charge in [-0.3, -0.25) is 0 Å². The molecule has 0 aliphatic carbocycles. The van der Waals surface area contributed by atoms with E-state index < -0.39 is 0 Å². The topological polar surface area (TPSA) is 35.5 Å². The van der Waals surface area contributed by atoms with Crippen molar-refractivity contribution in [2.45, 2.75) is 57.7 Å². The van der Waals surface area contributed by atoms with Gasteiger partial charge in [-0.2, -0.15) is 0 Å². The van der Waals surface area contributed by atoms with E-state index in [4.69, 9.17) is 35.4 Å². The average molecular weight is 361 g/mol. The number of likely N-dealkylation sites (tertiary alicyclic amines) is 1. The number of aliphatic hydroxyl groups excluding tert-OH is 1. The Balaban J connectivity index is 2.27. The maximum atomic E-state index is 10.1. The minimum Gasteiger partial charge on any atom is -0.393 e. The van der Waals surface area contributed by atoms with Gasteiger partial charge in [0.05, 0.1) is 16.8 Å². The Morgan fingerprint density at radius 2 is 1.77 bits per heavy atom. The van der Waals surface area contributed by atoms with Crippen molar-refractivity contribution in [1.29, 1.82) is 0 Å². The highest BCUT2D eigenvalue weighted by atomic mass is 35.5. The fourth-order valence-corrected chi connectivity index (χ4v) is 4.60. The summed E-state index contributed by atoms with van der Waals surface area (Å²) in [5.41, 5.74) is 0.239. The van der Waals surface area contributed by atoms with Crippen LogP contribution >= 0.6 is 35.4 Å². The summed E-state index contributed by atoms with van der Waals surface area (Å²) in [7, 11) is 0. The molecule has 122 valence electrons. The van der Waals surface area contributed by atoms with Gasteiger partial charge in [0.25, 0.3) is 0 Å². The molecule has 0 spiro atoms. The predicted octanol–water partition coefficient (Wildman–Crippen LogP) is 4.70. The number of rotatable bonds is 1. The average Bonchev–Trinajstić information content (AvgIpc) is 2.28. The van der Waals surface area contributed by atoms with E-state index in [1.807, 2.05) is 6.07 Å². The number of halogens is 2. The van der Waals surface area contributed by atoms with Crippen LogP contribution in [-0.2, 0) is 0 Å². The number of hydrogen-bond donors (Lipinski definition) is 2. The number of hydrogen-bond acceptors (Lipinski definition) is 2. The summed E-state index contributed by atoms with van der Waals surface area (Å²) in [4.78, 5) is 2.16. The van der Waals surface area contributed by atoms with Crippen LogP contribution in [0, 0.1) is 0 Å². The lowest BCUT2D eigenvalue weighted by Gasteiger charge is -2.55. The Bertz CT molecular complexity index is 572. The van der Waals surface area contributed by atoms with Gasteiger partial charge in [-0.25, -0.2) is 0 Å². The van der Waals surface area contributed by atoms with Crippen molar-refractivity contribution < 1.29 is 5.11 Å². The molecule has 1 aliphatic heterocycles. The summed E-state index contributed by atoms with van der Waals surface area (Å²) in [6, 6.07) is 5.27. The minimum atomic E-state index is -0.317. The summed E-state index contributed by atoms with van der Waals surface area (Å²) >= 11 is 17.8. The second kappa shape index (κ2) is 6.16. The number of thiocarbonyl (C=S) groups is 1. The number of nitrogens with zero attached hydrogens (tertiary/aromatic N) is 1. The first-order chi connectivity index (χ1) is 10.0. The molecule has 1 heterocycles. The first-order valence-corrected chi connectivity index (χ1v) is 8.44. The molecule has 0 radical (unpaired) electrons. The van der Waals surface area contributed by atoms with Crippen molar-refractivity contribution in [1.82, 2.24) is 4.90 Å². The monoisotopic (exact) mass is 360 g/mol. The number of piperidine rings is 1. The van der Waals surface area contributed by atoms with Crippen LogP contribution < -0.4 is 5.32 Å². The molecule has 0 atom stereocenters. The summed E-state index contributed by atoms with van der Waals surface area (Å²) in [6.45, 7) is 8.37. The van der Waals surface area contributed by atoms with E-state index >= 15 is 0 Å². The van der Waals surface area contributed by atoms with E-state index in [1.165, 1.54) is 0 Å². The zero-order valence-corrected chi connectivity index (χ0v) is 15.6. The number of nitrogens with one attached hydrogen (secondary N) is 1. The molecule has 1 fully saturated rings. The Hall–Kier alpha value is -0.550. The molecular weight excluding hydrogens is 339 g/mol. The van der Waals surface area contributed by atoms with Crippen LogP contribution in [0.15, 0.2) is 18.2 Å². The van der Waals surface area contributed by atoms with Gasteiger partial charge < -0.3 is 15.3 Å². The third-order valence-corrected chi connectivity index (χ3v) is 4.89. The summed E-state index contributed by atoms with van der Waals surface area (Å²) in [5, 5.41) is 15.1. The molecular formula is C16H22Cl2N2OS. The third kappa shape index (κ3) is 3.67. The minimum absolute atomic E-state index is 0.246. The molecule has 22 heavy (non-hydrogen) atoms. The van der Waals surface area contributed by atoms with Crippen LogP contribution in [0.5, 0.6) is 0 Å². The van der Waals surface area contributed by atoms with E-state index in [9.17, 15) is 5.11 Å². The second-order valence-electron chi connectivity index (χ2n) is 7.08. The SMILES string of the molecule is CC1(C)CC(O)CC(C)(C)N1C(=S)Nc1ccc(Cl)cc1Cl. The smallest absolute Gasteiger partial charge is 0.174 e. The zero-order chi connectivity index (χ0) is 16.7.